The molecule has 3 nitrogen and oxygen atoms in total. The van der Waals surface area contributed by atoms with E-state index in [1.807, 2.05) is 0 Å². The van der Waals surface area contributed by atoms with Crippen LogP contribution in [0.2, 0.25) is 0 Å². The smallest absolute Gasteiger partial charge is 0.133 e. The average molecular weight is 303 g/mol. The molecule has 122 valence electrons. The van der Waals surface area contributed by atoms with Crippen LogP contribution in [0, 0.1) is 34.5 Å². The Bertz CT molecular complexity index is 548. The van der Waals surface area contributed by atoms with Gasteiger partial charge in [0.25, 0.3) is 0 Å². The third-order valence-corrected chi connectivity index (χ3v) is 8.90. The summed E-state index contributed by atoms with van der Waals surface area (Å²) >= 11 is 0. The fraction of sp³-hybridized carbons (Fsp3) is 0.947. The molecule has 2 saturated heterocycles. The number of Topliss-reactive ketones (excluding diaryl/α,β-unsaturated/α-hetero) is 1. The molecule has 0 aromatic carbocycles. The van der Waals surface area contributed by atoms with Gasteiger partial charge < -0.3 is 5.11 Å². The van der Waals surface area contributed by atoms with Crippen molar-refractivity contribution in [3.05, 3.63) is 0 Å². The third kappa shape index (κ3) is 1.44. The number of hydrogen-bond donors (Lipinski definition) is 1. The second-order valence-corrected chi connectivity index (χ2v) is 9.66. The molecule has 0 aromatic heterocycles. The Morgan fingerprint density at radius 1 is 1.14 bits per heavy atom. The Morgan fingerprint density at radius 2 is 1.95 bits per heavy atom. The van der Waals surface area contributed by atoms with Gasteiger partial charge in [-0.1, -0.05) is 13.8 Å². The molecule has 0 aromatic rings. The molecule has 0 amide bonds. The Kier molecular flexibility index (Phi) is 2.52. The summed E-state index contributed by atoms with van der Waals surface area (Å²) in [6, 6.07) is 0. The van der Waals surface area contributed by atoms with Gasteiger partial charge in [0.05, 0.1) is 0 Å². The maximum absolute atomic E-state index is 12.2. The summed E-state index contributed by atoms with van der Waals surface area (Å²) in [5.74, 6) is 2.78. The van der Waals surface area contributed by atoms with Crippen LogP contribution >= 0.6 is 0 Å². The lowest BCUT2D eigenvalue weighted by Gasteiger charge is -2.65. The van der Waals surface area contributed by atoms with E-state index in [4.69, 9.17) is 0 Å². The molecule has 2 heterocycles. The molecule has 1 N–H and O–H groups in total. The first kappa shape index (κ1) is 14.0. The molecule has 5 rings (SSSR count). The molecule has 3 aliphatic carbocycles. The maximum Gasteiger partial charge on any atom is 0.133 e. The van der Waals surface area contributed by atoms with E-state index in [0.29, 0.717) is 29.0 Å². The summed E-state index contributed by atoms with van der Waals surface area (Å²) in [5.41, 5.74) is -0.0271. The van der Waals surface area contributed by atoms with Crippen LogP contribution in [-0.4, -0.2) is 34.6 Å². The van der Waals surface area contributed by atoms with E-state index >= 15 is 0 Å². The van der Waals surface area contributed by atoms with E-state index in [0.717, 1.165) is 38.3 Å². The van der Waals surface area contributed by atoms with Gasteiger partial charge in [-0.15, -0.1) is 0 Å². The van der Waals surface area contributed by atoms with Crippen molar-refractivity contribution in [2.24, 2.45) is 34.5 Å². The summed E-state index contributed by atoms with van der Waals surface area (Å²) in [7, 11) is 0. The number of hydrogen-bond acceptors (Lipinski definition) is 3. The average Bonchev–Trinajstić information content (AvgIpc) is 2.85. The monoisotopic (exact) mass is 303 g/mol. The lowest BCUT2D eigenvalue weighted by Crippen LogP contribution is -2.66. The van der Waals surface area contributed by atoms with Crippen molar-refractivity contribution < 1.29 is 9.90 Å². The second-order valence-electron chi connectivity index (χ2n) is 9.66. The fourth-order valence-electron chi connectivity index (χ4n) is 7.88. The van der Waals surface area contributed by atoms with Crippen molar-refractivity contribution in [2.75, 3.05) is 13.1 Å². The lowest BCUT2D eigenvalue weighted by atomic mass is 9.44. The van der Waals surface area contributed by atoms with E-state index in [2.05, 4.69) is 18.7 Å². The van der Waals surface area contributed by atoms with Gasteiger partial charge in [0.15, 0.2) is 0 Å². The minimum Gasteiger partial charge on any atom is -0.375 e. The zero-order valence-corrected chi connectivity index (χ0v) is 14.0. The van der Waals surface area contributed by atoms with E-state index in [-0.39, 0.29) is 5.41 Å². The van der Waals surface area contributed by atoms with Gasteiger partial charge in [-0.25, -0.2) is 0 Å². The first-order chi connectivity index (χ1) is 10.4. The molecule has 22 heavy (non-hydrogen) atoms. The molecule has 3 heteroatoms. The van der Waals surface area contributed by atoms with Crippen molar-refractivity contribution in [3.63, 3.8) is 0 Å². The lowest BCUT2D eigenvalue weighted by molar-refractivity contribution is -0.251. The number of fused-ring (bicyclic) bond motifs is 4. The fourth-order valence-corrected chi connectivity index (χ4v) is 7.88. The number of rotatable bonds is 0. The minimum absolute atomic E-state index is 0.227. The maximum atomic E-state index is 12.2. The quantitative estimate of drug-likeness (QED) is 0.748. The highest BCUT2D eigenvalue weighted by molar-refractivity contribution is 5.82. The number of aliphatic hydroxyl groups is 1. The van der Waals surface area contributed by atoms with Gasteiger partial charge in [0.1, 0.15) is 11.5 Å². The van der Waals surface area contributed by atoms with Crippen molar-refractivity contribution >= 4 is 5.78 Å². The second kappa shape index (κ2) is 3.97. The van der Waals surface area contributed by atoms with Gasteiger partial charge in [-0.2, -0.15) is 0 Å². The van der Waals surface area contributed by atoms with Gasteiger partial charge in [0, 0.05) is 31.8 Å². The SMILES string of the molecule is C[C@]12CC[C@H]3[C@@H](C[C@@]4(O)[C@@H]5CCN4CC[C@@]53C)[C@H]1CC(=O)C2. The summed E-state index contributed by atoms with van der Waals surface area (Å²) in [5, 5.41) is 11.5. The molecule has 0 radical (unpaired) electrons. The summed E-state index contributed by atoms with van der Waals surface area (Å²) in [4.78, 5) is 14.5. The van der Waals surface area contributed by atoms with Crippen molar-refractivity contribution in [1.82, 2.24) is 4.90 Å². The molecule has 1 unspecified atom stereocenters. The summed E-state index contributed by atoms with van der Waals surface area (Å²) in [6.07, 6.45) is 7.46. The molecule has 3 saturated carbocycles. The van der Waals surface area contributed by atoms with Crippen LogP contribution in [-0.2, 0) is 4.79 Å². The molecule has 5 aliphatic rings. The van der Waals surface area contributed by atoms with Crippen molar-refractivity contribution in [3.8, 4) is 0 Å². The van der Waals surface area contributed by atoms with Crippen LogP contribution in [0.3, 0.4) is 0 Å². The van der Waals surface area contributed by atoms with E-state index < -0.39 is 5.72 Å². The topological polar surface area (TPSA) is 40.5 Å². The van der Waals surface area contributed by atoms with Crippen LogP contribution in [0.4, 0.5) is 0 Å². The van der Waals surface area contributed by atoms with Crippen LogP contribution in [0.5, 0.6) is 0 Å². The van der Waals surface area contributed by atoms with Crippen LogP contribution < -0.4 is 0 Å². The number of piperidine rings is 1. The van der Waals surface area contributed by atoms with Crippen molar-refractivity contribution in [1.29, 1.82) is 0 Å². The number of ketones is 1. The minimum atomic E-state index is -0.557. The Morgan fingerprint density at radius 3 is 2.77 bits per heavy atom. The van der Waals surface area contributed by atoms with Crippen LogP contribution in [0.1, 0.15) is 58.8 Å². The molecule has 4 bridgehead atoms. The van der Waals surface area contributed by atoms with Crippen molar-refractivity contribution in [2.45, 2.75) is 64.5 Å². The van der Waals surface area contributed by atoms with E-state index in [9.17, 15) is 9.90 Å². The Hall–Kier alpha value is -0.410. The molecule has 8 atom stereocenters. The Labute approximate surface area is 133 Å². The Balaban J connectivity index is 1.59. The number of nitrogens with zero attached hydrogens (tertiary/aromatic N) is 1. The van der Waals surface area contributed by atoms with Gasteiger partial charge in [0.2, 0.25) is 0 Å². The molecule has 0 spiro atoms. The first-order valence-electron chi connectivity index (χ1n) is 9.36. The van der Waals surface area contributed by atoms with Crippen LogP contribution in [0.15, 0.2) is 0 Å². The zero-order chi connectivity index (χ0) is 15.3. The predicted octanol–water partition coefficient (Wildman–Crippen LogP) is 2.82. The molecular weight excluding hydrogens is 274 g/mol. The standard InChI is InChI=1S/C19H29NO2/c1-17-5-3-14-13(15(17)9-12(21)10-17)11-19(22)16-4-7-20(19)8-6-18(14,16)2/h13-16,22H,3-11H2,1-2H3/t13-,14+,15-,16-,17-,18-,19-/m1/s1. The van der Waals surface area contributed by atoms with Gasteiger partial charge in [-0.05, 0) is 60.7 Å². The number of carbonyl (C=O) groups is 1. The van der Waals surface area contributed by atoms with E-state index in [1.165, 1.54) is 25.7 Å². The normalized spacial score (nSPS) is 62.7. The predicted molar refractivity (Wildman–Crippen MR) is 84.0 cm³/mol. The highest BCUT2D eigenvalue weighted by atomic mass is 16.3. The van der Waals surface area contributed by atoms with Crippen LogP contribution in [0.25, 0.3) is 0 Å². The number of carbonyl (C=O) groups excluding carboxylic acids is 1. The zero-order valence-electron chi connectivity index (χ0n) is 14.0. The van der Waals surface area contributed by atoms with Gasteiger partial charge >= 0.3 is 0 Å². The summed E-state index contributed by atoms with van der Waals surface area (Å²) < 4.78 is 0. The van der Waals surface area contributed by atoms with Gasteiger partial charge in [-0.3, -0.25) is 9.69 Å². The highest BCUT2D eigenvalue weighted by Gasteiger charge is 2.68. The molecular formula is C19H29NO2. The largest absolute Gasteiger partial charge is 0.375 e. The molecule has 2 aliphatic heterocycles. The molecule has 5 fully saturated rings. The first-order valence-corrected chi connectivity index (χ1v) is 9.36. The highest BCUT2D eigenvalue weighted by Crippen LogP contribution is 2.69. The third-order valence-electron chi connectivity index (χ3n) is 8.90. The van der Waals surface area contributed by atoms with E-state index in [1.54, 1.807) is 0 Å². The summed E-state index contributed by atoms with van der Waals surface area (Å²) in [6.45, 7) is 6.98.